The van der Waals surface area contributed by atoms with Crippen molar-refractivity contribution >= 4 is 92.1 Å². The molecule has 3 heteroatoms. The third kappa shape index (κ3) is 4.78. The number of thiophene rings is 1. The molecule has 0 saturated carbocycles. The molecule has 0 amide bonds. The highest BCUT2D eigenvalue weighted by Crippen LogP contribution is 2.49. The van der Waals surface area contributed by atoms with E-state index in [4.69, 9.17) is 4.42 Å². The molecular weight excluding hydrogens is 663 g/mol. The lowest BCUT2D eigenvalue weighted by molar-refractivity contribution is 0.669. The summed E-state index contributed by atoms with van der Waals surface area (Å²) in [6.45, 7) is 0. The Morgan fingerprint density at radius 3 is 1.96 bits per heavy atom. The number of hydrogen-bond acceptors (Lipinski definition) is 3. The van der Waals surface area contributed by atoms with E-state index in [0.29, 0.717) is 0 Å². The van der Waals surface area contributed by atoms with Gasteiger partial charge < -0.3 is 9.32 Å². The van der Waals surface area contributed by atoms with E-state index in [2.05, 4.69) is 181 Å². The molecule has 0 aliphatic rings. The number of benzene rings is 9. The molecule has 9 aromatic carbocycles. The lowest BCUT2D eigenvalue weighted by atomic mass is 9.92. The quantitative estimate of drug-likeness (QED) is 0.167. The summed E-state index contributed by atoms with van der Waals surface area (Å²) in [6, 6.07) is 68.1. The maximum absolute atomic E-state index is 6.43. The van der Waals surface area contributed by atoms with Gasteiger partial charge in [-0.3, -0.25) is 0 Å². The predicted molar refractivity (Wildman–Crippen MR) is 227 cm³/mol. The smallest absolute Gasteiger partial charge is 0.136 e. The molecule has 0 fully saturated rings. The summed E-state index contributed by atoms with van der Waals surface area (Å²) in [5, 5.41) is 9.75. The fourth-order valence-corrected chi connectivity index (χ4v) is 9.42. The molecule has 0 radical (unpaired) electrons. The van der Waals surface area contributed by atoms with Crippen LogP contribution in [0.3, 0.4) is 0 Å². The zero-order valence-corrected chi connectivity index (χ0v) is 29.5. The van der Waals surface area contributed by atoms with Crippen molar-refractivity contribution in [1.29, 1.82) is 0 Å². The predicted octanol–water partition coefficient (Wildman–Crippen LogP) is 15.1. The summed E-state index contributed by atoms with van der Waals surface area (Å²) in [4.78, 5) is 2.49. The maximum Gasteiger partial charge on any atom is 0.136 e. The fraction of sp³-hybridized carbons (Fsp3) is 0. The van der Waals surface area contributed by atoms with Crippen molar-refractivity contribution in [1.82, 2.24) is 0 Å². The molecule has 0 unspecified atom stereocenters. The van der Waals surface area contributed by atoms with Gasteiger partial charge in [0.1, 0.15) is 11.2 Å². The van der Waals surface area contributed by atoms with Gasteiger partial charge in [-0.1, -0.05) is 140 Å². The first-order chi connectivity index (χ1) is 26.3. The second kappa shape index (κ2) is 11.9. The van der Waals surface area contributed by atoms with Crippen LogP contribution in [0.1, 0.15) is 0 Å². The zero-order valence-electron chi connectivity index (χ0n) is 28.7. The van der Waals surface area contributed by atoms with Gasteiger partial charge in [0.15, 0.2) is 0 Å². The molecule has 2 aromatic heterocycles. The van der Waals surface area contributed by atoms with Crippen molar-refractivity contribution < 1.29 is 4.42 Å². The highest BCUT2D eigenvalue weighted by atomic mass is 32.1. The number of para-hydroxylation sites is 1. The van der Waals surface area contributed by atoms with Gasteiger partial charge in [-0.2, -0.15) is 0 Å². The Balaban J connectivity index is 1.22. The third-order valence-corrected chi connectivity index (χ3v) is 11.9. The molecule has 2 heterocycles. The summed E-state index contributed by atoms with van der Waals surface area (Å²) < 4.78 is 8.99. The summed E-state index contributed by atoms with van der Waals surface area (Å²) in [5.74, 6) is 0. The van der Waals surface area contributed by atoms with Crippen molar-refractivity contribution in [3.05, 3.63) is 188 Å². The highest BCUT2D eigenvalue weighted by molar-refractivity contribution is 7.26. The lowest BCUT2D eigenvalue weighted by Gasteiger charge is -2.29. The molecule has 0 spiro atoms. The van der Waals surface area contributed by atoms with Gasteiger partial charge in [0, 0.05) is 37.3 Å². The fourth-order valence-electron chi connectivity index (χ4n) is 8.21. The number of rotatable bonds is 5. The van der Waals surface area contributed by atoms with Crippen LogP contribution in [0.5, 0.6) is 0 Å². The number of anilines is 3. The minimum absolute atomic E-state index is 0.889. The van der Waals surface area contributed by atoms with Gasteiger partial charge in [-0.25, -0.2) is 0 Å². The standard InChI is InChI=1S/C50H31NOS/c1-2-13-32(14-3-1)37-28-26-35(31-44(37)34-25-27-41-40-19-8-10-23-47(40)52-48(41)30-34)51(45-22-12-21-43-42-20-9-11-24-49(42)53-50(43)45)46-29-33-15-4-5-16-36(33)38-17-6-7-18-39(38)46/h1-31H. The van der Waals surface area contributed by atoms with Gasteiger partial charge in [0.05, 0.1) is 16.1 Å². The Morgan fingerprint density at radius 2 is 1.08 bits per heavy atom. The molecule has 0 atom stereocenters. The van der Waals surface area contributed by atoms with Crippen LogP contribution >= 0.6 is 11.3 Å². The van der Waals surface area contributed by atoms with E-state index in [0.717, 1.165) is 50.1 Å². The van der Waals surface area contributed by atoms with Crippen molar-refractivity contribution in [2.45, 2.75) is 0 Å². The number of nitrogens with zero attached hydrogens (tertiary/aromatic N) is 1. The Morgan fingerprint density at radius 1 is 0.377 bits per heavy atom. The van der Waals surface area contributed by atoms with E-state index in [-0.39, 0.29) is 0 Å². The molecule has 0 saturated heterocycles. The lowest BCUT2D eigenvalue weighted by Crippen LogP contribution is -2.11. The van der Waals surface area contributed by atoms with E-state index in [1.807, 2.05) is 23.5 Å². The molecule has 2 nitrogen and oxygen atoms in total. The third-order valence-electron chi connectivity index (χ3n) is 10.6. The normalized spacial score (nSPS) is 11.8. The first kappa shape index (κ1) is 30.0. The van der Waals surface area contributed by atoms with Gasteiger partial charge in [-0.05, 0) is 86.9 Å². The molecule has 0 aliphatic heterocycles. The topological polar surface area (TPSA) is 16.4 Å². The Bertz CT molecular complexity index is 3190. The van der Waals surface area contributed by atoms with Gasteiger partial charge in [0.2, 0.25) is 0 Å². The molecule has 11 rings (SSSR count). The van der Waals surface area contributed by atoms with Crippen LogP contribution in [0.15, 0.2) is 192 Å². The monoisotopic (exact) mass is 693 g/mol. The molecule has 0 bridgehead atoms. The number of furan rings is 1. The van der Waals surface area contributed by atoms with E-state index in [1.54, 1.807) is 0 Å². The van der Waals surface area contributed by atoms with Gasteiger partial charge in [0.25, 0.3) is 0 Å². The summed E-state index contributed by atoms with van der Waals surface area (Å²) in [7, 11) is 0. The van der Waals surface area contributed by atoms with E-state index in [1.165, 1.54) is 52.8 Å². The van der Waals surface area contributed by atoms with Crippen LogP contribution in [0, 0.1) is 0 Å². The van der Waals surface area contributed by atoms with Crippen LogP contribution in [0.4, 0.5) is 17.1 Å². The second-order valence-corrected chi connectivity index (χ2v) is 14.7. The van der Waals surface area contributed by atoms with Crippen molar-refractivity contribution in [3.63, 3.8) is 0 Å². The molecular formula is C50H31NOS. The summed E-state index contributed by atoms with van der Waals surface area (Å²) in [5.41, 5.74) is 9.81. The van der Waals surface area contributed by atoms with Crippen LogP contribution in [0.25, 0.3) is 85.9 Å². The highest BCUT2D eigenvalue weighted by Gasteiger charge is 2.23. The average molecular weight is 694 g/mol. The van der Waals surface area contributed by atoms with E-state index >= 15 is 0 Å². The van der Waals surface area contributed by atoms with Crippen LogP contribution in [-0.4, -0.2) is 0 Å². The van der Waals surface area contributed by atoms with Crippen molar-refractivity contribution in [3.8, 4) is 22.3 Å². The zero-order chi connectivity index (χ0) is 34.9. The van der Waals surface area contributed by atoms with Gasteiger partial charge in [-0.15, -0.1) is 11.3 Å². The molecule has 53 heavy (non-hydrogen) atoms. The Hall–Kier alpha value is -6.68. The minimum atomic E-state index is 0.889. The van der Waals surface area contributed by atoms with E-state index in [9.17, 15) is 0 Å². The van der Waals surface area contributed by atoms with Crippen LogP contribution in [-0.2, 0) is 0 Å². The Labute approximate surface area is 310 Å². The van der Waals surface area contributed by atoms with Gasteiger partial charge >= 0.3 is 0 Å². The molecule has 0 N–H and O–H groups in total. The molecule has 0 aliphatic carbocycles. The first-order valence-electron chi connectivity index (χ1n) is 18.0. The minimum Gasteiger partial charge on any atom is -0.456 e. The average Bonchev–Trinajstić information content (AvgIpc) is 3.80. The molecule has 248 valence electrons. The van der Waals surface area contributed by atoms with Crippen LogP contribution < -0.4 is 4.90 Å². The first-order valence-corrected chi connectivity index (χ1v) is 18.8. The van der Waals surface area contributed by atoms with E-state index < -0.39 is 0 Å². The largest absolute Gasteiger partial charge is 0.456 e. The van der Waals surface area contributed by atoms with Crippen LogP contribution in [0.2, 0.25) is 0 Å². The number of hydrogen-bond donors (Lipinski definition) is 0. The summed E-state index contributed by atoms with van der Waals surface area (Å²) >= 11 is 1.86. The van der Waals surface area contributed by atoms with Crippen molar-refractivity contribution in [2.24, 2.45) is 0 Å². The number of fused-ring (bicyclic) bond motifs is 9. The SMILES string of the molecule is c1ccc(-c2ccc(N(c3cc4ccccc4c4ccccc34)c3cccc4c3sc3ccccc34)cc2-c2ccc3c(c2)oc2ccccc23)cc1. The Kier molecular flexibility index (Phi) is 6.76. The second-order valence-electron chi connectivity index (χ2n) is 13.7. The maximum atomic E-state index is 6.43. The van der Waals surface area contributed by atoms with Crippen molar-refractivity contribution in [2.75, 3.05) is 4.90 Å². The summed E-state index contributed by atoms with van der Waals surface area (Å²) in [6.07, 6.45) is 0. The molecule has 11 aromatic rings.